The van der Waals surface area contributed by atoms with E-state index in [1.165, 1.54) is 12.1 Å². The first kappa shape index (κ1) is 16.8. The van der Waals surface area contributed by atoms with Gasteiger partial charge in [0.15, 0.2) is 17.6 Å². The van der Waals surface area contributed by atoms with Crippen molar-refractivity contribution in [3.63, 3.8) is 0 Å². The number of halogens is 1. The predicted octanol–water partition coefficient (Wildman–Crippen LogP) is 3.31. The highest BCUT2D eigenvalue weighted by molar-refractivity contribution is 5.80. The van der Waals surface area contributed by atoms with Gasteiger partial charge in [-0.2, -0.15) is 0 Å². The van der Waals surface area contributed by atoms with Gasteiger partial charge in [0.2, 0.25) is 0 Å². The zero-order valence-electron chi connectivity index (χ0n) is 13.2. The second kappa shape index (κ2) is 8.17. The molecule has 2 aromatic carbocycles. The Morgan fingerprint density at radius 2 is 1.78 bits per heavy atom. The number of rotatable bonds is 7. The fourth-order valence-electron chi connectivity index (χ4n) is 2.00. The molecule has 1 atom stereocenters. The second-order valence-electron chi connectivity index (χ2n) is 4.98. The highest BCUT2D eigenvalue weighted by Gasteiger charge is 2.16. The van der Waals surface area contributed by atoms with Crippen molar-refractivity contribution in [1.29, 1.82) is 0 Å². The smallest absolute Gasteiger partial charge is 0.261 e. The second-order valence-corrected chi connectivity index (χ2v) is 4.98. The van der Waals surface area contributed by atoms with Crippen LogP contribution >= 0.6 is 0 Å². The molecule has 0 spiro atoms. The van der Waals surface area contributed by atoms with Crippen LogP contribution in [-0.4, -0.2) is 18.6 Å². The number of benzene rings is 2. The van der Waals surface area contributed by atoms with E-state index in [0.29, 0.717) is 24.7 Å². The molecule has 23 heavy (non-hydrogen) atoms. The fourth-order valence-corrected chi connectivity index (χ4v) is 2.00. The molecule has 0 saturated heterocycles. The maximum Gasteiger partial charge on any atom is 0.261 e. The SMILES string of the molecule is CCOc1ccccc1O[C@@H](C)C(=O)NCc1ccc(F)cc1. The number of amides is 1. The Balaban J connectivity index is 1.91. The molecule has 0 saturated carbocycles. The number of para-hydroxylation sites is 2. The van der Waals surface area contributed by atoms with Crippen LogP contribution in [-0.2, 0) is 11.3 Å². The molecule has 0 aliphatic heterocycles. The summed E-state index contributed by atoms with van der Waals surface area (Å²) < 4.78 is 24.0. The van der Waals surface area contributed by atoms with Crippen molar-refractivity contribution in [2.24, 2.45) is 0 Å². The van der Waals surface area contributed by atoms with Crippen molar-refractivity contribution in [2.75, 3.05) is 6.61 Å². The van der Waals surface area contributed by atoms with E-state index < -0.39 is 6.10 Å². The van der Waals surface area contributed by atoms with E-state index in [4.69, 9.17) is 9.47 Å². The largest absolute Gasteiger partial charge is 0.490 e. The van der Waals surface area contributed by atoms with Gasteiger partial charge < -0.3 is 14.8 Å². The topological polar surface area (TPSA) is 47.6 Å². The van der Waals surface area contributed by atoms with Crippen LogP contribution < -0.4 is 14.8 Å². The van der Waals surface area contributed by atoms with Gasteiger partial charge in [0, 0.05) is 6.54 Å². The van der Waals surface area contributed by atoms with Gasteiger partial charge in [-0.25, -0.2) is 4.39 Å². The Morgan fingerprint density at radius 3 is 2.43 bits per heavy atom. The molecular weight excluding hydrogens is 297 g/mol. The molecule has 0 aliphatic carbocycles. The molecule has 1 amide bonds. The summed E-state index contributed by atoms with van der Waals surface area (Å²) in [7, 11) is 0. The molecule has 0 bridgehead atoms. The summed E-state index contributed by atoms with van der Waals surface area (Å²) in [6, 6.07) is 13.2. The summed E-state index contributed by atoms with van der Waals surface area (Å²) in [4.78, 5) is 12.1. The van der Waals surface area contributed by atoms with Crippen LogP contribution in [0.4, 0.5) is 4.39 Å². The maximum absolute atomic E-state index is 12.8. The summed E-state index contributed by atoms with van der Waals surface area (Å²) in [5, 5.41) is 2.76. The lowest BCUT2D eigenvalue weighted by molar-refractivity contribution is -0.127. The molecule has 1 N–H and O–H groups in total. The summed E-state index contributed by atoms with van der Waals surface area (Å²) in [5.74, 6) is 0.580. The van der Waals surface area contributed by atoms with Gasteiger partial charge in [0.05, 0.1) is 6.61 Å². The van der Waals surface area contributed by atoms with Crippen molar-refractivity contribution < 1.29 is 18.7 Å². The molecular formula is C18H20FNO3. The van der Waals surface area contributed by atoms with E-state index >= 15 is 0 Å². The first-order chi connectivity index (χ1) is 11.1. The van der Waals surface area contributed by atoms with Gasteiger partial charge in [-0.05, 0) is 43.7 Å². The molecule has 2 aromatic rings. The number of hydrogen-bond acceptors (Lipinski definition) is 3. The summed E-state index contributed by atoms with van der Waals surface area (Å²) in [6.45, 7) is 4.39. The Labute approximate surface area is 135 Å². The summed E-state index contributed by atoms with van der Waals surface area (Å²) in [6.07, 6.45) is -0.669. The highest BCUT2D eigenvalue weighted by atomic mass is 19.1. The van der Waals surface area contributed by atoms with Gasteiger partial charge in [-0.15, -0.1) is 0 Å². The zero-order chi connectivity index (χ0) is 16.7. The van der Waals surface area contributed by atoms with Crippen LogP contribution in [0.1, 0.15) is 19.4 Å². The van der Waals surface area contributed by atoms with E-state index in [1.54, 1.807) is 31.2 Å². The van der Waals surface area contributed by atoms with E-state index in [-0.39, 0.29) is 11.7 Å². The molecule has 0 aromatic heterocycles. The summed E-state index contributed by atoms with van der Waals surface area (Å²) in [5.41, 5.74) is 0.821. The number of carbonyl (C=O) groups is 1. The number of carbonyl (C=O) groups excluding carboxylic acids is 1. The molecule has 5 heteroatoms. The average molecular weight is 317 g/mol. The van der Waals surface area contributed by atoms with Crippen LogP contribution in [0.25, 0.3) is 0 Å². The van der Waals surface area contributed by atoms with E-state index in [1.807, 2.05) is 19.1 Å². The molecule has 0 fully saturated rings. The van der Waals surface area contributed by atoms with Crippen molar-refractivity contribution in [3.8, 4) is 11.5 Å². The molecule has 122 valence electrons. The van der Waals surface area contributed by atoms with Gasteiger partial charge in [0.1, 0.15) is 5.82 Å². The number of ether oxygens (including phenoxy) is 2. The van der Waals surface area contributed by atoms with Crippen LogP contribution in [0.5, 0.6) is 11.5 Å². The minimum Gasteiger partial charge on any atom is -0.490 e. The molecule has 0 aliphatic rings. The van der Waals surface area contributed by atoms with Gasteiger partial charge >= 0.3 is 0 Å². The van der Waals surface area contributed by atoms with Gasteiger partial charge in [-0.1, -0.05) is 24.3 Å². The quantitative estimate of drug-likeness (QED) is 0.852. The monoisotopic (exact) mass is 317 g/mol. The van der Waals surface area contributed by atoms with Crippen molar-refractivity contribution in [1.82, 2.24) is 5.32 Å². The minimum atomic E-state index is -0.669. The van der Waals surface area contributed by atoms with Gasteiger partial charge in [-0.3, -0.25) is 4.79 Å². The molecule has 0 heterocycles. The standard InChI is InChI=1S/C18H20FNO3/c1-3-22-16-6-4-5-7-17(16)23-13(2)18(21)20-12-14-8-10-15(19)11-9-14/h4-11,13H,3,12H2,1-2H3,(H,20,21)/t13-/m0/s1. The first-order valence-corrected chi connectivity index (χ1v) is 7.50. The van der Waals surface area contributed by atoms with E-state index in [9.17, 15) is 9.18 Å². The van der Waals surface area contributed by atoms with Crippen LogP contribution in [0.15, 0.2) is 48.5 Å². The average Bonchev–Trinajstić information content (AvgIpc) is 2.56. The third-order valence-electron chi connectivity index (χ3n) is 3.20. The van der Waals surface area contributed by atoms with E-state index in [2.05, 4.69) is 5.32 Å². The maximum atomic E-state index is 12.8. The Morgan fingerprint density at radius 1 is 1.13 bits per heavy atom. The Bertz CT molecular complexity index is 643. The lowest BCUT2D eigenvalue weighted by Gasteiger charge is -2.17. The number of nitrogens with one attached hydrogen (secondary N) is 1. The van der Waals surface area contributed by atoms with E-state index in [0.717, 1.165) is 5.56 Å². The highest BCUT2D eigenvalue weighted by Crippen LogP contribution is 2.27. The van der Waals surface area contributed by atoms with Crippen LogP contribution in [0.3, 0.4) is 0 Å². The molecule has 4 nitrogen and oxygen atoms in total. The third kappa shape index (κ3) is 4.98. The molecule has 0 unspecified atom stereocenters. The summed E-state index contributed by atoms with van der Waals surface area (Å²) >= 11 is 0. The van der Waals surface area contributed by atoms with Gasteiger partial charge in [0.25, 0.3) is 5.91 Å². The first-order valence-electron chi connectivity index (χ1n) is 7.50. The van der Waals surface area contributed by atoms with Crippen LogP contribution in [0.2, 0.25) is 0 Å². The normalized spacial score (nSPS) is 11.6. The molecule has 0 radical (unpaired) electrons. The Hall–Kier alpha value is -2.56. The Kier molecular flexibility index (Phi) is 5.97. The van der Waals surface area contributed by atoms with Crippen molar-refractivity contribution in [3.05, 3.63) is 59.9 Å². The lowest BCUT2D eigenvalue weighted by atomic mass is 10.2. The lowest BCUT2D eigenvalue weighted by Crippen LogP contribution is -2.36. The molecule has 2 rings (SSSR count). The minimum absolute atomic E-state index is 0.249. The van der Waals surface area contributed by atoms with Crippen LogP contribution in [0, 0.1) is 5.82 Å². The number of hydrogen-bond donors (Lipinski definition) is 1. The van der Waals surface area contributed by atoms with Crippen molar-refractivity contribution in [2.45, 2.75) is 26.5 Å². The third-order valence-corrected chi connectivity index (χ3v) is 3.20. The fraction of sp³-hybridized carbons (Fsp3) is 0.278. The van der Waals surface area contributed by atoms with Crippen molar-refractivity contribution >= 4 is 5.91 Å². The zero-order valence-corrected chi connectivity index (χ0v) is 13.2. The predicted molar refractivity (Wildman–Crippen MR) is 85.9 cm³/mol.